The SMILES string of the molecule is O=S1(=O)N=C(N2CCN(c3cc(C(F)F)nc(C4CC4)n3)CC2)c2ccccc21. The van der Waals surface area contributed by atoms with Crippen LogP contribution >= 0.6 is 0 Å². The summed E-state index contributed by atoms with van der Waals surface area (Å²) >= 11 is 0. The van der Waals surface area contributed by atoms with Gasteiger partial charge in [0.2, 0.25) is 0 Å². The fourth-order valence-electron chi connectivity index (χ4n) is 3.73. The molecule has 3 heterocycles. The Morgan fingerprint density at radius 2 is 1.69 bits per heavy atom. The molecule has 0 bridgehead atoms. The van der Waals surface area contributed by atoms with E-state index in [2.05, 4.69) is 14.4 Å². The summed E-state index contributed by atoms with van der Waals surface area (Å²) < 4.78 is 55.1. The molecule has 1 saturated heterocycles. The molecule has 1 aliphatic carbocycles. The number of halogens is 2. The lowest BCUT2D eigenvalue weighted by atomic mass is 10.1. The normalized spacial score (nSPS) is 20.7. The summed E-state index contributed by atoms with van der Waals surface area (Å²) in [5.41, 5.74) is 0.374. The topological polar surface area (TPSA) is 78.8 Å². The first kappa shape index (κ1) is 18.4. The number of benzene rings is 1. The van der Waals surface area contributed by atoms with Crippen LogP contribution < -0.4 is 4.90 Å². The van der Waals surface area contributed by atoms with Crippen molar-refractivity contribution in [1.29, 1.82) is 0 Å². The van der Waals surface area contributed by atoms with Crippen LogP contribution in [-0.2, 0) is 10.0 Å². The van der Waals surface area contributed by atoms with Gasteiger partial charge in [0.25, 0.3) is 16.4 Å². The molecule has 152 valence electrons. The van der Waals surface area contributed by atoms with Crippen LogP contribution in [-0.4, -0.2) is 55.3 Å². The molecule has 5 rings (SSSR count). The molecule has 1 aromatic heterocycles. The van der Waals surface area contributed by atoms with Gasteiger partial charge in [0, 0.05) is 43.7 Å². The third-order valence-electron chi connectivity index (χ3n) is 5.43. The van der Waals surface area contributed by atoms with Crippen molar-refractivity contribution in [2.75, 3.05) is 31.1 Å². The minimum Gasteiger partial charge on any atom is -0.353 e. The van der Waals surface area contributed by atoms with E-state index in [1.54, 1.807) is 24.3 Å². The number of rotatable bonds is 3. The number of piperazine rings is 1. The average Bonchev–Trinajstić information content (AvgIpc) is 3.54. The highest BCUT2D eigenvalue weighted by atomic mass is 32.2. The van der Waals surface area contributed by atoms with Gasteiger partial charge < -0.3 is 9.80 Å². The summed E-state index contributed by atoms with van der Waals surface area (Å²) in [6.07, 6.45) is -0.758. The van der Waals surface area contributed by atoms with Crippen LogP contribution in [0.25, 0.3) is 0 Å². The predicted molar refractivity (Wildman–Crippen MR) is 103 cm³/mol. The number of hydrogen-bond donors (Lipinski definition) is 0. The molecule has 0 unspecified atom stereocenters. The van der Waals surface area contributed by atoms with Crippen molar-refractivity contribution in [1.82, 2.24) is 14.9 Å². The first-order valence-electron chi connectivity index (χ1n) is 9.54. The standard InChI is InChI=1S/C19H19F2N5O2S/c20-17(21)14-11-16(23-18(22-14)12-5-6-12)25-7-9-26(10-8-25)19-13-3-1-2-4-15(13)29(27,28)24-19/h1-4,11-12,17H,5-10H2. The van der Waals surface area contributed by atoms with E-state index in [9.17, 15) is 17.2 Å². The number of alkyl halides is 2. The first-order valence-corrected chi connectivity index (χ1v) is 11.0. The molecule has 0 atom stereocenters. The van der Waals surface area contributed by atoms with Gasteiger partial charge in [-0.3, -0.25) is 0 Å². The van der Waals surface area contributed by atoms with Crippen molar-refractivity contribution in [2.24, 2.45) is 4.40 Å². The van der Waals surface area contributed by atoms with Crippen LogP contribution in [0.1, 0.15) is 42.3 Å². The van der Waals surface area contributed by atoms with Gasteiger partial charge in [0.05, 0.1) is 0 Å². The van der Waals surface area contributed by atoms with Crippen molar-refractivity contribution >= 4 is 21.7 Å². The molecule has 3 aliphatic rings. The molecule has 0 amide bonds. The summed E-state index contributed by atoms with van der Waals surface area (Å²) in [4.78, 5) is 12.6. The maximum Gasteiger partial charge on any atom is 0.285 e. The van der Waals surface area contributed by atoms with Gasteiger partial charge in [-0.25, -0.2) is 18.7 Å². The Balaban J connectivity index is 1.37. The Bertz CT molecular complexity index is 1070. The van der Waals surface area contributed by atoms with E-state index >= 15 is 0 Å². The minimum absolute atomic E-state index is 0.184. The van der Waals surface area contributed by atoms with E-state index in [0.717, 1.165) is 12.8 Å². The molecule has 0 spiro atoms. The molecule has 7 nitrogen and oxygen atoms in total. The smallest absolute Gasteiger partial charge is 0.285 e. The molecule has 0 radical (unpaired) electrons. The van der Waals surface area contributed by atoms with E-state index in [0.29, 0.717) is 49.2 Å². The van der Waals surface area contributed by atoms with Gasteiger partial charge in [-0.2, -0.15) is 8.42 Å². The monoisotopic (exact) mass is 419 g/mol. The summed E-state index contributed by atoms with van der Waals surface area (Å²) in [6.45, 7) is 2.11. The molecule has 1 saturated carbocycles. The van der Waals surface area contributed by atoms with Crippen molar-refractivity contribution in [3.8, 4) is 0 Å². The lowest BCUT2D eigenvalue weighted by Gasteiger charge is -2.36. The Kier molecular flexibility index (Phi) is 4.27. The van der Waals surface area contributed by atoms with Crippen molar-refractivity contribution < 1.29 is 17.2 Å². The maximum absolute atomic E-state index is 13.3. The highest BCUT2D eigenvalue weighted by Gasteiger charge is 2.34. The minimum atomic E-state index is -3.66. The first-order chi connectivity index (χ1) is 13.9. The Labute approximate surface area is 167 Å². The number of hydrogen-bond acceptors (Lipinski definition) is 6. The summed E-state index contributed by atoms with van der Waals surface area (Å²) in [6, 6.07) is 8.15. The second-order valence-corrected chi connectivity index (χ2v) is 9.02. The molecule has 29 heavy (non-hydrogen) atoms. The lowest BCUT2D eigenvalue weighted by Crippen LogP contribution is -2.49. The molecule has 10 heteroatoms. The van der Waals surface area contributed by atoms with E-state index in [4.69, 9.17) is 0 Å². The molecule has 2 aliphatic heterocycles. The Morgan fingerprint density at radius 3 is 2.38 bits per heavy atom. The number of anilines is 1. The summed E-state index contributed by atoms with van der Waals surface area (Å²) in [7, 11) is -3.66. The summed E-state index contributed by atoms with van der Waals surface area (Å²) in [5.74, 6) is 1.65. The fraction of sp³-hybridized carbons (Fsp3) is 0.421. The molecule has 2 fully saturated rings. The lowest BCUT2D eigenvalue weighted by molar-refractivity contribution is 0.145. The molecule has 1 aromatic carbocycles. The van der Waals surface area contributed by atoms with E-state index in [-0.39, 0.29) is 16.5 Å². The zero-order valence-electron chi connectivity index (χ0n) is 15.5. The van der Waals surface area contributed by atoms with Gasteiger partial charge in [-0.05, 0) is 25.0 Å². The third-order valence-corrected chi connectivity index (χ3v) is 6.76. The largest absolute Gasteiger partial charge is 0.353 e. The number of amidine groups is 1. The average molecular weight is 419 g/mol. The molecular weight excluding hydrogens is 400 g/mol. The second-order valence-electron chi connectivity index (χ2n) is 7.44. The van der Waals surface area contributed by atoms with Crippen LogP contribution in [0.5, 0.6) is 0 Å². The van der Waals surface area contributed by atoms with Crippen LogP contribution in [0, 0.1) is 0 Å². The number of aromatic nitrogens is 2. The second kappa shape index (κ2) is 6.72. The Morgan fingerprint density at radius 1 is 1.00 bits per heavy atom. The van der Waals surface area contributed by atoms with E-state index in [1.807, 2.05) is 9.80 Å². The quantitative estimate of drug-likeness (QED) is 0.761. The van der Waals surface area contributed by atoms with Gasteiger partial charge in [-0.15, -0.1) is 4.40 Å². The summed E-state index contributed by atoms with van der Waals surface area (Å²) in [5, 5.41) is 0. The molecule has 2 aromatic rings. The number of fused-ring (bicyclic) bond motifs is 1. The van der Waals surface area contributed by atoms with Crippen LogP contribution in [0.15, 0.2) is 39.6 Å². The van der Waals surface area contributed by atoms with E-state index < -0.39 is 16.4 Å². The van der Waals surface area contributed by atoms with Crippen LogP contribution in [0.4, 0.5) is 14.6 Å². The number of sulfonamides is 1. The van der Waals surface area contributed by atoms with Gasteiger partial charge in [0.1, 0.15) is 22.2 Å². The zero-order valence-corrected chi connectivity index (χ0v) is 16.3. The number of nitrogens with zero attached hydrogens (tertiary/aromatic N) is 5. The van der Waals surface area contributed by atoms with Crippen molar-refractivity contribution in [3.05, 3.63) is 47.4 Å². The third kappa shape index (κ3) is 3.35. The van der Waals surface area contributed by atoms with Gasteiger partial charge >= 0.3 is 0 Å². The van der Waals surface area contributed by atoms with Gasteiger partial charge in [0.15, 0.2) is 5.84 Å². The van der Waals surface area contributed by atoms with E-state index in [1.165, 1.54) is 6.07 Å². The predicted octanol–water partition coefficient (Wildman–Crippen LogP) is 2.56. The fourth-order valence-corrected chi connectivity index (χ4v) is 4.96. The zero-order chi connectivity index (χ0) is 20.2. The van der Waals surface area contributed by atoms with Crippen molar-refractivity contribution in [2.45, 2.75) is 30.1 Å². The highest BCUT2D eigenvalue weighted by molar-refractivity contribution is 7.90. The molecule has 0 N–H and O–H groups in total. The maximum atomic E-state index is 13.3. The van der Waals surface area contributed by atoms with Crippen LogP contribution in [0.3, 0.4) is 0 Å². The molecular formula is C19H19F2N5O2S. The Hall–Kier alpha value is -2.62. The van der Waals surface area contributed by atoms with Crippen molar-refractivity contribution in [3.63, 3.8) is 0 Å². The van der Waals surface area contributed by atoms with Gasteiger partial charge in [-0.1, -0.05) is 12.1 Å². The highest BCUT2D eigenvalue weighted by Crippen LogP contribution is 2.39. The van der Waals surface area contributed by atoms with Crippen LogP contribution in [0.2, 0.25) is 0 Å².